The maximum Gasteiger partial charge on any atom is 0.0361 e. The zero-order valence-electron chi connectivity index (χ0n) is 25.6. The topological polar surface area (TPSA) is 0 Å². The van der Waals surface area contributed by atoms with Crippen molar-refractivity contribution in [1.29, 1.82) is 0 Å². The van der Waals surface area contributed by atoms with E-state index < -0.39 is 0 Å². The highest BCUT2D eigenvalue weighted by molar-refractivity contribution is 7.26. The highest BCUT2D eigenvalue weighted by Gasteiger charge is 2.17. The Labute approximate surface area is 276 Å². The molecule has 0 saturated heterocycles. The third-order valence-corrected chi connectivity index (χ3v) is 11.0. The van der Waals surface area contributed by atoms with Crippen molar-refractivity contribution in [2.24, 2.45) is 0 Å². The van der Waals surface area contributed by atoms with E-state index in [1.165, 1.54) is 96.6 Å². The van der Waals surface area contributed by atoms with Crippen molar-refractivity contribution in [2.45, 2.75) is 0 Å². The molecule has 1 aromatic heterocycles. The maximum absolute atomic E-state index is 2.34. The Morgan fingerprint density at radius 2 is 0.851 bits per heavy atom. The van der Waals surface area contributed by atoms with Gasteiger partial charge in [0, 0.05) is 20.2 Å². The molecule has 0 aliphatic heterocycles. The van der Waals surface area contributed by atoms with Gasteiger partial charge in [0.1, 0.15) is 0 Å². The molecule has 0 atom stereocenters. The second-order valence-electron chi connectivity index (χ2n) is 12.4. The quantitative estimate of drug-likeness (QED) is 0.174. The number of hydrogen-bond donors (Lipinski definition) is 0. The van der Waals surface area contributed by atoms with Gasteiger partial charge in [0.2, 0.25) is 0 Å². The van der Waals surface area contributed by atoms with E-state index >= 15 is 0 Å². The molecule has 0 fully saturated rings. The first-order chi connectivity index (χ1) is 23.3. The second kappa shape index (κ2) is 10.4. The van der Waals surface area contributed by atoms with Gasteiger partial charge in [-0.15, -0.1) is 11.3 Å². The Morgan fingerprint density at radius 1 is 0.298 bits per heavy atom. The molecule has 0 N–H and O–H groups in total. The molecule has 0 aliphatic carbocycles. The molecule has 10 aromatic rings. The minimum atomic E-state index is 1.23. The van der Waals surface area contributed by atoms with Gasteiger partial charge in [0.25, 0.3) is 0 Å². The summed E-state index contributed by atoms with van der Waals surface area (Å²) in [5.41, 5.74) is 7.58. The first kappa shape index (κ1) is 26.5. The van der Waals surface area contributed by atoms with Gasteiger partial charge in [0.05, 0.1) is 0 Å². The van der Waals surface area contributed by atoms with Crippen LogP contribution in [0.15, 0.2) is 170 Å². The number of fused-ring (bicyclic) bond motifs is 8. The van der Waals surface area contributed by atoms with Crippen LogP contribution in [0.4, 0.5) is 0 Å². The molecule has 0 radical (unpaired) electrons. The summed E-state index contributed by atoms with van der Waals surface area (Å²) in [4.78, 5) is 0. The molecule has 0 nitrogen and oxygen atoms in total. The van der Waals surface area contributed by atoms with Gasteiger partial charge in [-0.3, -0.25) is 0 Å². The van der Waals surface area contributed by atoms with Crippen LogP contribution in [-0.4, -0.2) is 0 Å². The summed E-state index contributed by atoms with van der Waals surface area (Å²) in [6, 6.07) is 62.7. The molecule has 0 unspecified atom stereocenters. The predicted molar refractivity (Wildman–Crippen MR) is 206 cm³/mol. The number of rotatable bonds is 3. The lowest BCUT2D eigenvalue weighted by atomic mass is 9.85. The average Bonchev–Trinajstić information content (AvgIpc) is 3.53. The molecular formula is C46H28S. The fourth-order valence-corrected chi connectivity index (χ4v) is 8.87. The highest BCUT2D eigenvalue weighted by Crippen LogP contribution is 2.45. The van der Waals surface area contributed by atoms with Gasteiger partial charge >= 0.3 is 0 Å². The van der Waals surface area contributed by atoms with Crippen LogP contribution in [0.5, 0.6) is 0 Å². The van der Waals surface area contributed by atoms with Gasteiger partial charge < -0.3 is 0 Å². The molecule has 10 rings (SSSR count). The van der Waals surface area contributed by atoms with Crippen molar-refractivity contribution >= 4 is 74.6 Å². The average molecular weight is 613 g/mol. The first-order valence-corrected chi connectivity index (χ1v) is 17.0. The standard InChI is InChI=1S/C46H28S/c1-2-11-32-28-33(25-20-29(32)10-1)45-39-14-5-3-12-37(39)44(38-13-4-6-15-40(38)45)31-23-21-30(22-24-31)34-17-9-18-36-35(34)26-27-43-46(36)41-16-7-8-19-42(41)47-43/h1-28H. The second-order valence-corrected chi connectivity index (χ2v) is 13.5. The Morgan fingerprint density at radius 3 is 1.57 bits per heavy atom. The highest BCUT2D eigenvalue weighted by atomic mass is 32.1. The van der Waals surface area contributed by atoms with E-state index in [9.17, 15) is 0 Å². The van der Waals surface area contributed by atoms with Crippen LogP contribution in [0.2, 0.25) is 0 Å². The summed E-state index contributed by atoms with van der Waals surface area (Å²) in [6.45, 7) is 0. The minimum Gasteiger partial charge on any atom is -0.135 e. The van der Waals surface area contributed by atoms with Crippen LogP contribution >= 0.6 is 11.3 Å². The number of hydrogen-bond acceptors (Lipinski definition) is 1. The largest absolute Gasteiger partial charge is 0.135 e. The summed E-state index contributed by atoms with van der Waals surface area (Å²) in [5.74, 6) is 0. The van der Waals surface area contributed by atoms with Crippen molar-refractivity contribution in [3.63, 3.8) is 0 Å². The lowest BCUT2D eigenvalue weighted by Gasteiger charge is -2.18. The number of thiophene rings is 1. The van der Waals surface area contributed by atoms with Crippen LogP contribution < -0.4 is 0 Å². The molecule has 0 amide bonds. The summed E-state index contributed by atoms with van der Waals surface area (Å²) in [7, 11) is 0. The molecule has 1 heterocycles. The summed E-state index contributed by atoms with van der Waals surface area (Å²) in [6.07, 6.45) is 0. The van der Waals surface area contributed by atoms with E-state index in [-0.39, 0.29) is 0 Å². The van der Waals surface area contributed by atoms with Gasteiger partial charge in [-0.25, -0.2) is 0 Å². The van der Waals surface area contributed by atoms with Crippen LogP contribution in [0.25, 0.3) is 96.6 Å². The van der Waals surface area contributed by atoms with Crippen molar-refractivity contribution in [3.8, 4) is 33.4 Å². The van der Waals surface area contributed by atoms with Crippen LogP contribution in [0, 0.1) is 0 Å². The van der Waals surface area contributed by atoms with E-state index in [0.717, 1.165) is 0 Å². The van der Waals surface area contributed by atoms with E-state index in [4.69, 9.17) is 0 Å². The van der Waals surface area contributed by atoms with Crippen LogP contribution in [0.3, 0.4) is 0 Å². The lowest BCUT2D eigenvalue weighted by molar-refractivity contribution is 1.64. The molecule has 9 aromatic carbocycles. The van der Waals surface area contributed by atoms with Crippen molar-refractivity contribution in [2.75, 3.05) is 0 Å². The van der Waals surface area contributed by atoms with E-state index in [2.05, 4.69) is 170 Å². The zero-order chi connectivity index (χ0) is 30.9. The van der Waals surface area contributed by atoms with Crippen molar-refractivity contribution in [1.82, 2.24) is 0 Å². The van der Waals surface area contributed by atoms with Gasteiger partial charge in [0.15, 0.2) is 0 Å². The molecule has 1 heteroatoms. The van der Waals surface area contributed by atoms with Crippen molar-refractivity contribution < 1.29 is 0 Å². The zero-order valence-corrected chi connectivity index (χ0v) is 26.4. The van der Waals surface area contributed by atoms with Crippen LogP contribution in [0.1, 0.15) is 0 Å². The fraction of sp³-hybridized carbons (Fsp3) is 0. The third kappa shape index (κ3) is 4.07. The third-order valence-electron chi connectivity index (χ3n) is 9.85. The Kier molecular flexibility index (Phi) is 5.85. The normalized spacial score (nSPS) is 11.8. The smallest absolute Gasteiger partial charge is 0.0361 e. The fourth-order valence-electron chi connectivity index (χ4n) is 7.74. The SMILES string of the molecule is c1ccc2cc(-c3c4ccccc4c(-c4ccc(-c5cccc6c5ccc5sc7ccccc7c56)cc4)c4ccccc34)ccc2c1. The van der Waals surface area contributed by atoms with Gasteiger partial charge in [-0.2, -0.15) is 0 Å². The maximum atomic E-state index is 2.34. The molecule has 0 aliphatic rings. The van der Waals surface area contributed by atoms with E-state index in [0.29, 0.717) is 0 Å². The van der Waals surface area contributed by atoms with Crippen molar-refractivity contribution in [3.05, 3.63) is 170 Å². The van der Waals surface area contributed by atoms with Crippen LogP contribution in [-0.2, 0) is 0 Å². The molecule has 0 saturated carbocycles. The summed E-state index contributed by atoms with van der Waals surface area (Å²) in [5, 5.41) is 13.0. The van der Waals surface area contributed by atoms with Gasteiger partial charge in [-0.1, -0.05) is 152 Å². The minimum absolute atomic E-state index is 1.23. The summed E-state index contributed by atoms with van der Waals surface area (Å²) < 4.78 is 2.69. The van der Waals surface area contributed by atoms with E-state index in [1.54, 1.807) is 0 Å². The molecule has 0 bridgehead atoms. The summed E-state index contributed by atoms with van der Waals surface area (Å²) >= 11 is 1.88. The van der Waals surface area contributed by atoms with Gasteiger partial charge in [-0.05, 0) is 94.7 Å². The van der Waals surface area contributed by atoms with E-state index in [1.807, 2.05) is 11.3 Å². The molecule has 218 valence electrons. The number of benzene rings is 9. The first-order valence-electron chi connectivity index (χ1n) is 16.2. The predicted octanol–water partition coefficient (Wildman–Crippen LogP) is 13.7. The molecular weight excluding hydrogens is 585 g/mol. The molecule has 0 spiro atoms. The Hall–Kier alpha value is -5.76. The Balaban J connectivity index is 1.16. The monoisotopic (exact) mass is 612 g/mol. The Bertz CT molecular complexity index is 2780. The lowest BCUT2D eigenvalue weighted by Crippen LogP contribution is -1.91. The molecule has 47 heavy (non-hydrogen) atoms.